The van der Waals surface area contributed by atoms with Crippen LogP contribution in [0.2, 0.25) is 0 Å². The van der Waals surface area contributed by atoms with E-state index in [1.165, 1.54) is 6.07 Å². The maximum absolute atomic E-state index is 12.8. The van der Waals surface area contributed by atoms with Crippen molar-refractivity contribution in [2.24, 2.45) is 5.41 Å². The van der Waals surface area contributed by atoms with Gasteiger partial charge in [-0.25, -0.2) is 4.98 Å². The number of nitrogens with one attached hydrogen (secondary N) is 1. The van der Waals surface area contributed by atoms with Crippen molar-refractivity contribution >= 4 is 5.91 Å². The molecule has 2 heterocycles. The topological polar surface area (TPSA) is 66.1 Å². The molecule has 0 radical (unpaired) electrons. The molecule has 0 unspecified atom stereocenters. The predicted molar refractivity (Wildman–Crippen MR) is 80.3 cm³/mol. The van der Waals surface area contributed by atoms with Gasteiger partial charge in [-0.1, -0.05) is 20.8 Å². The molecule has 5 nitrogen and oxygen atoms in total. The highest BCUT2D eigenvalue weighted by molar-refractivity contribution is 5.92. The van der Waals surface area contributed by atoms with Crippen molar-refractivity contribution in [3.63, 3.8) is 0 Å². The Hall–Kier alpha value is -1.65. The molecule has 2 aliphatic rings. The van der Waals surface area contributed by atoms with Gasteiger partial charge in [-0.3, -0.25) is 9.59 Å². The second kappa shape index (κ2) is 4.97. The van der Waals surface area contributed by atoms with Gasteiger partial charge in [-0.15, -0.1) is 0 Å². The largest absolute Gasteiger partial charge is 0.334 e. The number of hydrogen-bond acceptors (Lipinski definition) is 3. The van der Waals surface area contributed by atoms with Crippen LogP contribution in [-0.2, 0) is 0 Å². The second-order valence-corrected chi connectivity index (χ2v) is 7.31. The minimum Gasteiger partial charge on any atom is -0.334 e. The monoisotopic (exact) mass is 289 g/mol. The standard InChI is InChI=1S/C16H23N3O2/c1-16(2,3)12-5-4-8-19(12)15(21)11-9-13(20)18-14(17-11)10-6-7-10/h9-10,12H,4-8H2,1-3H3,(H,17,18,20)/t12-/m0/s1. The molecule has 1 aromatic heterocycles. The van der Waals surface area contributed by atoms with Crippen molar-refractivity contribution in [3.05, 3.63) is 27.9 Å². The van der Waals surface area contributed by atoms with E-state index in [4.69, 9.17) is 0 Å². The molecule has 21 heavy (non-hydrogen) atoms. The van der Waals surface area contributed by atoms with Crippen molar-refractivity contribution in [1.29, 1.82) is 0 Å². The maximum atomic E-state index is 12.8. The summed E-state index contributed by atoms with van der Waals surface area (Å²) < 4.78 is 0. The molecule has 114 valence electrons. The lowest BCUT2D eigenvalue weighted by molar-refractivity contribution is 0.0619. The van der Waals surface area contributed by atoms with Gasteiger partial charge in [0.05, 0.1) is 0 Å². The first kappa shape index (κ1) is 14.3. The number of carbonyl (C=O) groups is 1. The quantitative estimate of drug-likeness (QED) is 0.908. The number of nitrogens with zero attached hydrogens (tertiary/aromatic N) is 2. The SMILES string of the molecule is CC(C)(C)[C@@H]1CCCN1C(=O)c1cc(=O)[nH]c(C2CC2)n1. The zero-order valence-electron chi connectivity index (χ0n) is 13.0. The van der Waals surface area contributed by atoms with E-state index < -0.39 is 0 Å². The molecule has 1 atom stereocenters. The lowest BCUT2D eigenvalue weighted by Gasteiger charge is -2.34. The van der Waals surface area contributed by atoms with E-state index in [1.807, 2.05) is 4.90 Å². The lowest BCUT2D eigenvalue weighted by Crippen LogP contribution is -2.43. The van der Waals surface area contributed by atoms with Crippen molar-refractivity contribution in [1.82, 2.24) is 14.9 Å². The fourth-order valence-electron chi connectivity index (χ4n) is 3.19. The van der Waals surface area contributed by atoms with E-state index in [1.54, 1.807) is 0 Å². The summed E-state index contributed by atoms with van der Waals surface area (Å²) in [6.07, 6.45) is 4.14. The maximum Gasteiger partial charge on any atom is 0.273 e. The molecule has 0 bridgehead atoms. The Labute approximate surface area is 124 Å². The highest BCUT2D eigenvalue weighted by atomic mass is 16.2. The summed E-state index contributed by atoms with van der Waals surface area (Å²) in [4.78, 5) is 33.6. The first-order valence-corrected chi connectivity index (χ1v) is 7.78. The Kier molecular flexibility index (Phi) is 3.38. The zero-order valence-corrected chi connectivity index (χ0v) is 13.0. The predicted octanol–water partition coefficient (Wildman–Crippen LogP) is 2.30. The van der Waals surface area contributed by atoms with Gasteiger partial charge in [-0.05, 0) is 31.1 Å². The minimum absolute atomic E-state index is 0.0483. The molecule has 1 aliphatic carbocycles. The van der Waals surface area contributed by atoms with Gasteiger partial charge >= 0.3 is 0 Å². The molecule has 0 spiro atoms. The highest BCUT2D eigenvalue weighted by Gasteiger charge is 2.38. The molecule has 1 saturated carbocycles. The molecule has 1 N–H and O–H groups in total. The molecule has 1 aliphatic heterocycles. The number of carbonyl (C=O) groups excluding carboxylic acids is 1. The number of rotatable bonds is 2. The van der Waals surface area contributed by atoms with Crippen LogP contribution in [0, 0.1) is 5.41 Å². The average molecular weight is 289 g/mol. The summed E-state index contributed by atoms with van der Waals surface area (Å²) in [6, 6.07) is 1.56. The minimum atomic E-state index is -0.221. The van der Waals surface area contributed by atoms with Crippen LogP contribution in [0.15, 0.2) is 10.9 Å². The van der Waals surface area contributed by atoms with Gasteiger partial charge in [0, 0.05) is 24.6 Å². The first-order chi connectivity index (χ1) is 9.86. The lowest BCUT2D eigenvalue weighted by atomic mass is 9.85. The zero-order chi connectivity index (χ0) is 15.2. The van der Waals surface area contributed by atoms with Crippen LogP contribution in [0.25, 0.3) is 0 Å². The number of hydrogen-bond donors (Lipinski definition) is 1. The van der Waals surface area contributed by atoms with E-state index in [9.17, 15) is 9.59 Å². The summed E-state index contributed by atoms with van der Waals surface area (Å²) in [5.41, 5.74) is 0.130. The molecule has 1 aromatic rings. The van der Waals surface area contributed by atoms with Crippen LogP contribution < -0.4 is 5.56 Å². The third-order valence-corrected chi connectivity index (χ3v) is 4.46. The van der Waals surface area contributed by atoms with Gasteiger partial charge in [0.2, 0.25) is 0 Å². The van der Waals surface area contributed by atoms with Gasteiger partial charge in [0.1, 0.15) is 11.5 Å². The van der Waals surface area contributed by atoms with Gasteiger partial charge < -0.3 is 9.88 Å². The fourth-order valence-corrected chi connectivity index (χ4v) is 3.19. The van der Waals surface area contributed by atoms with Gasteiger partial charge in [0.25, 0.3) is 11.5 Å². The molecule has 5 heteroatoms. The van der Waals surface area contributed by atoms with E-state index >= 15 is 0 Å². The molecule has 3 rings (SSSR count). The Bertz CT molecular complexity index is 611. The Morgan fingerprint density at radius 1 is 1.33 bits per heavy atom. The summed E-state index contributed by atoms with van der Waals surface area (Å²) in [5.74, 6) is 0.917. The van der Waals surface area contributed by atoms with E-state index in [0.29, 0.717) is 17.4 Å². The molecule has 0 aromatic carbocycles. The molecular weight excluding hydrogens is 266 g/mol. The number of aromatic amines is 1. The Balaban J connectivity index is 1.89. The van der Waals surface area contributed by atoms with E-state index in [0.717, 1.165) is 32.2 Å². The molecule has 2 fully saturated rings. The van der Waals surface area contributed by atoms with Crippen LogP contribution in [-0.4, -0.2) is 33.4 Å². The van der Waals surface area contributed by atoms with Gasteiger partial charge in [-0.2, -0.15) is 0 Å². The summed E-state index contributed by atoms with van der Waals surface area (Å²) in [6.45, 7) is 7.23. The van der Waals surface area contributed by atoms with Crippen LogP contribution >= 0.6 is 0 Å². The Morgan fingerprint density at radius 2 is 2.05 bits per heavy atom. The third kappa shape index (κ3) is 2.87. The Morgan fingerprint density at radius 3 is 2.67 bits per heavy atom. The smallest absolute Gasteiger partial charge is 0.273 e. The fraction of sp³-hybridized carbons (Fsp3) is 0.688. The van der Waals surface area contributed by atoms with Crippen molar-refractivity contribution in [2.45, 2.75) is 58.4 Å². The van der Waals surface area contributed by atoms with Crippen LogP contribution in [0.1, 0.15) is 68.7 Å². The molecule has 1 amide bonds. The van der Waals surface area contributed by atoms with Crippen LogP contribution in [0.4, 0.5) is 0 Å². The van der Waals surface area contributed by atoms with Crippen LogP contribution in [0.3, 0.4) is 0 Å². The second-order valence-electron chi connectivity index (χ2n) is 7.31. The normalized spacial score (nSPS) is 22.6. The molecular formula is C16H23N3O2. The van der Waals surface area contributed by atoms with E-state index in [-0.39, 0.29) is 22.9 Å². The summed E-state index contributed by atoms with van der Waals surface area (Å²) in [5, 5.41) is 0. The number of H-pyrrole nitrogens is 1. The molecule has 1 saturated heterocycles. The average Bonchev–Trinajstić information content (AvgIpc) is 3.12. The number of amides is 1. The van der Waals surface area contributed by atoms with Crippen LogP contribution in [0.5, 0.6) is 0 Å². The van der Waals surface area contributed by atoms with Crippen molar-refractivity contribution in [2.75, 3.05) is 6.54 Å². The van der Waals surface area contributed by atoms with Gasteiger partial charge in [0.15, 0.2) is 0 Å². The van der Waals surface area contributed by atoms with E-state index in [2.05, 4.69) is 30.7 Å². The first-order valence-electron chi connectivity index (χ1n) is 7.78. The van der Waals surface area contributed by atoms with Crippen molar-refractivity contribution < 1.29 is 4.79 Å². The highest BCUT2D eigenvalue weighted by Crippen LogP contribution is 2.38. The summed E-state index contributed by atoms with van der Waals surface area (Å²) >= 11 is 0. The summed E-state index contributed by atoms with van der Waals surface area (Å²) in [7, 11) is 0. The number of aromatic nitrogens is 2. The third-order valence-electron chi connectivity index (χ3n) is 4.46. The van der Waals surface area contributed by atoms with Crippen molar-refractivity contribution in [3.8, 4) is 0 Å². The number of likely N-dealkylation sites (tertiary alicyclic amines) is 1.